The minimum atomic E-state index is -0.517. The number of rotatable bonds is 6. The number of pyridine rings is 1. The number of carbonyl (C=O) groups excluding carboxylic acids is 1. The zero-order valence-corrected chi connectivity index (χ0v) is 23.4. The number of amides is 1. The quantitative estimate of drug-likeness (QED) is 0.351. The Hall–Kier alpha value is -3.39. The number of benzene rings is 1. The fraction of sp³-hybridized carbons (Fsp3) is 0.433. The van der Waals surface area contributed by atoms with Gasteiger partial charge >= 0.3 is 0 Å². The molecule has 1 aromatic carbocycles. The highest BCUT2D eigenvalue weighted by Crippen LogP contribution is 2.44. The van der Waals surface area contributed by atoms with Crippen LogP contribution in [0.15, 0.2) is 61.1 Å². The molecule has 2 aliphatic rings. The highest BCUT2D eigenvalue weighted by atomic mass is 32.1. The molecule has 0 bridgehead atoms. The molecule has 38 heavy (non-hydrogen) atoms. The van der Waals surface area contributed by atoms with Crippen molar-refractivity contribution in [3.8, 4) is 5.75 Å². The normalized spacial score (nSPS) is 20.3. The van der Waals surface area contributed by atoms with Crippen molar-refractivity contribution in [3.05, 3.63) is 72.3 Å². The van der Waals surface area contributed by atoms with Crippen molar-refractivity contribution in [2.45, 2.75) is 71.0 Å². The van der Waals surface area contributed by atoms with Crippen LogP contribution in [0.2, 0.25) is 0 Å². The second-order valence-electron chi connectivity index (χ2n) is 11.3. The molecule has 2 aromatic heterocycles. The zero-order valence-electron chi connectivity index (χ0n) is 22.6. The van der Waals surface area contributed by atoms with Crippen LogP contribution in [0.1, 0.15) is 82.3 Å². The standard InChI is InChI=1S/C30H37N5O2S/c1-30(2,3)28(36)32-23-14-13-22(18-25(23)37-4)35-27(26(33-29(35)38)24-12-8-9-16-31-24)20-15-17-34(19-20)21-10-6-5-7-11-21/h8-9,12-19,21,26-27H,5-7,10-11H2,1-4H3,(H,32,36)(H,33,38)/t26-,27-/m0/s1. The van der Waals surface area contributed by atoms with Gasteiger partial charge in [-0.25, -0.2) is 0 Å². The van der Waals surface area contributed by atoms with Gasteiger partial charge in [0, 0.05) is 41.8 Å². The largest absolute Gasteiger partial charge is 0.494 e. The predicted molar refractivity (Wildman–Crippen MR) is 156 cm³/mol. The first-order valence-electron chi connectivity index (χ1n) is 13.4. The van der Waals surface area contributed by atoms with Crippen LogP contribution >= 0.6 is 12.2 Å². The van der Waals surface area contributed by atoms with E-state index in [1.54, 1.807) is 7.11 Å². The first-order valence-corrected chi connectivity index (χ1v) is 13.8. The molecule has 2 N–H and O–H groups in total. The molecule has 0 spiro atoms. The number of aromatic nitrogens is 2. The number of ether oxygens (including phenoxy) is 1. The Morgan fingerprint density at radius 2 is 1.92 bits per heavy atom. The van der Waals surface area contributed by atoms with Crippen LogP contribution in [0, 0.1) is 5.41 Å². The molecule has 0 unspecified atom stereocenters. The number of hydrogen-bond acceptors (Lipinski definition) is 4. The van der Waals surface area contributed by atoms with E-state index in [2.05, 4.69) is 43.5 Å². The lowest BCUT2D eigenvalue weighted by Crippen LogP contribution is -2.30. The fourth-order valence-electron chi connectivity index (χ4n) is 5.43. The number of anilines is 2. The van der Waals surface area contributed by atoms with E-state index in [4.69, 9.17) is 17.0 Å². The molecular weight excluding hydrogens is 494 g/mol. The molecule has 2 atom stereocenters. The third-order valence-electron chi connectivity index (χ3n) is 7.57. The Morgan fingerprint density at radius 1 is 1.13 bits per heavy atom. The molecule has 1 aliphatic carbocycles. The van der Waals surface area contributed by atoms with Gasteiger partial charge in [-0.2, -0.15) is 0 Å². The Labute approximate surface area is 230 Å². The molecule has 1 aliphatic heterocycles. The molecule has 3 aromatic rings. The zero-order chi connectivity index (χ0) is 26.9. The third-order valence-corrected chi connectivity index (χ3v) is 7.88. The van der Waals surface area contributed by atoms with E-state index in [-0.39, 0.29) is 18.0 Å². The topological polar surface area (TPSA) is 71.4 Å². The summed E-state index contributed by atoms with van der Waals surface area (Å²) in [4.78, 5) is 19.5. The molecule has 2 fully saturated rings. The lowest BCUT2D eigenvalue weighted by molar-refractivity contribution is -0.123. The van der Waals surface area contributed by atoms with Crippen molar-refractivity contribution < 1.29 is 9.53 Å². The van der Waals surface area contributed by atoms with Gasteiger partial charge in [0.05, 0.1) is 30.6 Å². The van der Waals surface area contributed by atoms with E-state index in [0.29, 0.717) is 22.6 Å². The summed E-state index contributed by atoms with van der Waals surface area (Å²) in [7, 11) is 1.62. The molecule has 1 amide bonds. The Balaban J connectivity index is 1.52. The Morgan fingerprint density at radius 3 is 2.61 bits per heavy atom. The number of carbonyl (C=O) groups is 1. The summed E-state index contributed by atoms with van der Waals surface area (Å²) in [6.07, 6.45) is 12.7. The number of methoxy groups -OCH3 is 1. The van der Waals surface area contributed by atoms with Crippen molar-refractivity contribution in [3.63, 3.8) is 0 Å². The smallest absolute Gasteiger partial charge is 0.229 e. The highest BCUT2D eigenvalue weighted by Gasteiger charge is 2.41. The van der Waals surface area contributed by atoms with Gasteiger partial charge in [0.2, 0.25) is 5.91 Å². The number of nitrogens with one attached hydrogen (secondary N) is 2. The SMILES string of the molecule is COc1cc(N2C(=S)N[C@@H](c3ccccn3)[C@@H]2c2ccn(C3CCCCC3)c2)ccc1NC(=O)C(C)(C)C. The van der Waals surface area contributed by atoms with Crippen LogP contribution in [0.4, 0.5) is 11.4 Å². The molecular formula is C30H37N5O2S. The number of thiocarbonyl (C=S) groups is 1. The Bertz CT molecular complexity index is 1290. The van der Waals surface area contributed by atoms with Gasteiger partial charge in [-0.15, -0.1) is 0 Å². The van der Waals surface area contributed by atoms with E-state index >= 15 is 0 Å². The van der Waals surface area contributed by atoms with E-state index in [0.717, 1.165) is 11.4 Å². The molecule has 1 saturated heterocycles. The van der Waals surface area contributed by atoms with Crippen molar-refractivity contribution in [2.75, 3.05) is 17.3 Å². The molecule has 7 nitrogen and oxygen atoms in total. The van der Waals surface area contributed by atoms with Crippen LogP contribution in [0.5, 0.6) is 5.75 Å². The van der Waals surface area contributed by atoms with Gasteiger partial charge < -0.3 is 24.8 Å². The molecule has 0 radical (unpaired) electrons. The second-order valence-corrected chi connectivity index (χ2v) is 11.7. The summed E-state index contributed by atoms with van der Waals surface area (Å²) in [6, 6.07) is 14.4. The summed E-state index contributed by atoms with van der Waals surface area (Å²) < 4.78 is 8.09. The molecule has 8 heteroatoms. The monoisotopic (exact) mass is 531 g/mol. The van der Waals surface area contributed by atoms with Gasteiger partial charge in [-0.05, 0) is 61.0 Å². The highest BCUT2D eigenvalue weighted by molar-refractivity contribution is 7.80. The average molecular weight is 532 g/mol. The van der Waals surface area contributed by atoms with E-state index in [1.165, 1.54) is 37.7 Å². The average Bonchev–Trinajstić information content (AvgIpc) is 3.54. The van der Waals surface area contributed by atoms with Crippen LogP contribution in [-0.4, -0.2) is 27.7 Å². The third kappa shape index (κ3) is 5.27. The van der Waals surface area contributed by atoms with Gasteiger partial charge in [-0.1, -0.05) is 46.1 Å². The van der Waals surface area contributed by atoms with Crippen LogP contribution in [0.3, 0.4) is 0 Å². The van der Waals surface area contributed by atoms with E-state index < -0.39 is 5.41 Å². The first-order chi connectivity index (χ1) is 18.3. The van der Waals surface area contributed by atoms with E-state index in [1.807, 2.05) is 63.4 Å². The van der Waals surface area contributed by atoms with Crippen molar-refractivity contribution in [1.82, 2.24) is 14.9 Å². The summed E-state index contributed by atoms with van der Waals surface area (Å²) in [5, 5.41) is 7.17. The summed E-state index contributed by atoms with van der Waals surface area (Å²) in [5.74, 6) is 0.516. The lowest BCUT2D eigenvalue weighted by Gasteiger charge is -2.28. The van der Waals surface area contributed by atoms with Gasteiger partial charge in [0.15, 0.2) is 5.11 Å². The van der Waals surface area contributed by atoms with Crippen molar-refractivity contribution in [2.24, 2.45) is 5.41 Å². The fourth-order valence-corrected chi connectivity index (χ4v) is 5.77. The summed E-state index contributed by atoms with van der Waals surface area (Å²) >= 11 is 5.91. The number of nitrogens with zero attached hydrogens (tertiary/aromatic N) is 3. The van der Waals surface area contributed by atoms with E-state index in [9.17, 15) is 4.79 Å². The number of hydrogen-bond donors (Lipinski definition) is 2. The first kappa shape index (κ1) is 26.2. The molecule has 200 valence electrons. The summed E-state index contributed by atoms with van der Waals surface area (Å²) in [5.41, 5.74) is 3.13. The molecule has 3 heterocycles. The van der Waals surface area contributed by atoms with Crippen LogP contribution in [0.25, 0.3) is 0 Å². The van der Waals surface area contributed by atoms with Crippen LogP contribution < -0.4 is 20.3 Å². The molecule has 5 rings (SSSR count). The molecule has 1 saturated carbocycles. The predicted octanol–water partition coefficient (Wildman–Crippen LogP) is 6.56. The van der Waals surface area contributed by atoms with Gasteiger partial charge in [0.1, 0.15) is 5.75 Å². The maximum Gasteiger partial charge on any atom is 0.229 e. The van der Waals surface area contributed by atoms with Gasteiger partial charge in [0.25, 0.3) is 0 Å². The minimum Gasteiger partial charge on any atom is -0.494 e. The van der Waals surface area contributed by atoms with Crippen LogP contribution in [-0.2, 0) is 4.79 Å². The van der Waals surface area contributed by atoms with Crippen molar-refractivity contribution in [1.29, 1.82) is 0 Å². The maximum atomic E-state index is 12.6. The van der Waals surface area contributed by atoms with Crippen molar-refractivity contribution >= 4 is 34.6 Å². The summed E-state index contributed by atoms with van der Waals surface area (Å²) in [6.45, 7) is 5.66. The van der Waals surface area contributed by atoms with Gasteiger partial charge in [-0.3, -0.25) is 9.78 Å². The lowest BCUT2D eigenvalue weighted by atomic mass is 9.95. The maximum absolute atomic E-state index is 12.6. The second kappa shape index (κ2) is 10.8. The Kier molecular flexibility index (Phi) is 7.43. The minimum absolute atomic E-state index is 0.0703.